The molecule has 0 atom stereocenters. The molecule has 0 radical (unpaired) electrons. The summed E-state index contributed by atoms with van der Waals surface area (Å²) in [7, 11) is 0. The average Bonchev–Trinajstić information content (AvgIpc) is 2.67. The van der Waals surface area contributed by atoms with Gasteiger partial charge in [-0.1, -0.05) is 0 Å². The summed E-state index contributed by atoms with van der Waals surface area (Å²) in [6, 6.07) is 4.28. The van der Waals surface area contributed by atoms with E-state index in [2.05, 4.69) is 15.5 Å². The Kier molecular flexibility index (Phi) is 6.49. The minimum atomic E-state index is -0.764. The summed E-state index contributed by atoms with van der Waals surface area (Å²) in [6.07, 6.45) is 2.46. The first-order valence-corrected chi connectivity index (χ1v) is 9.41. The van der Waals surface area contributed by atoms with Gasteiger partial charge >= 0.3 is 12.0 Å². The summed E-state index contributed by atoms with van der Waals surface area (Å²) in [5.41, 5.74) is 1.63. The van der Waals surface area contributed by atoms with E-state index in [4.69, 9.17) is 9.84 Å². The smallest absolute Gasteiger partial charge is 0.315 e. The highest BCUT2D eigenvalue weighted by atomic mass is 19.1. The number of nitrogens with zero attached hydrogens (tertiary/aromatic N) is 1. The number of urea groups is 1. The van der Waals surface area contributed by atoms with Crippen molar-refractivity contribution in [2.45, 2.75) is 38.3 Å². The summed E-state index contributed by atoms with van der Waals surface area (Å²) in [4.78, 5) is 25.3. The molecule has 1 saturated heterocycles. The van der Waals surface area contributed by atoms with Gasteiger partial charge < -0.3 is 25.4 Å². The molecule has 1 heterocycles. The maximum atomic E-state index is 13.7. The van der Waals surface area contributed by atoms with E-state index in [-0.39, 0.29) is 30.4 Å². The molecule has 2 fully saturated rings. The van der Waals surface area contributed by atoms with Crippen molar-refractivity contribution < 1.29 is 23.8 Å². The molecule has 0 bridgehead atoms. The second kappa shape index (κ2) is 9.03. The zero-order valence-electron chi connectivity index (χ0n) is 15.2. The quantitative estimate of drug-likeness (QED) is 0.729. The van der Waals surface area contributed by atoms with Crippen molar-refractivity contribution in [1.82, 2.24) is 10.6 Å². The maximum Gasteiger partial charge on any atom is 0.315 e. The van der Waals surface area contributed by atoms with Crippen LogP contribution in [0.4, 0.5) is 14.9 Å². The lowest BCUT2D eigenvalue weighted by Gasteiger charge is -2.31. The molecule has 0 aromatic heterocycles. The van der Waals surface area contributed by atoms with Crippen LogP contribution in [0.5, 0.6) is 0 Å². The molecular formula is C19H26FN3O4. The van der Waals surface area contributed by atoms with Crippen molar-refractivity contribution in [2.24, 2.45) is 5.92 Å². The van der Waals surface area contributed by atoms with Crippen LogP contribution in [0.3, 0.4) is 0 Å². The fourth-order valence-electron chi connectivity index (χ4n) is 3.71. The zero-order chi connectivity index (χ0) is 19.2. The van der Waals surface area contributed by atoms with E-state index in [1.54, 1.807) is 6.07 Å². The van der Waals surface area contributed by atoms with Crippen LogP contribution in [-0.2, 0) is 16.1 Å². The van der Waals surface area contributed by atoms with E-state index >= 15 is 0 Å². The predicted octanol–water partition coefficient (Wildman–Crippen LogP) is 2.10. The third kappa shape index (κ3) is 5.32. The Morgan fingerprint density at radius 3 is 2.56 bits per heavy atom. The fraction of sp³-hybridized carbons (Fsp3) is 0.579. The average molecular weight is 379 g/mol. The van der Waals surface area contributed by atoms with Crippen LogP contribution in [0.2, 0.25) is 0 Å². The van der Waals surface area contributed by atoms with Gasteiger partial charge in [-0.25, -0.2) is 9.18 Å². The highest BCUT2D eigenvalue weighted by molar-refractivity contribution is 5.75. The molecule has 0 unspecified atom stereocenters. The van der Waals surface area contributed by atoms with Crippen LogP contribution in [-0.4, -0.2) is 49.5 Å². The van der Waals surface area contributed by atoms with Gasteiger partial charge in [0.05, 0.1) is 19.1 Å². The van der Waals surface area contributed by atoms with Crippen molar-refractivity contribution in [2.75, 3.05) is 31.2 Å². The van der Waals surface area contributed by atoms with Crippen molar-refractivity contribution in [3.05, 3.63) is 29.6 Å². The summed E-state index contributed by atoms with van der Waals surface area (Å²) < 4.78 is 19.1. The van der Waals surface area contributed by atoms with E-state index in [0.717, 1.165) is 24.3 Å². The number of anilines is 1. The summed E-state index contributed by atoms with van der Waals surface area (Å²) in [6.45, 7) is 2.95. The highest BCUT2D eigenvalue weighted by Crippen LogP contribution is 2.25. The molecule has 1 aromatic rings. The molecule has 1 aliphatic carbocycles. The largest absolute Gasteiger partial charge is 0.481 e. The Balaban J connectivity index is 1.53. The third-order valence-corrected chi connectivity index (χ3v) is 5.24. The SMILES string of the molecule is O=C(NCc1cc(F)ccc1N1CCOCC1)NC1CCC(C(=O)O)CC1. The second-order valence-electron chi connectivity index (χ2n) is 7.09. The molecule has 0 spiro atoms. The molecule has 2 amide bonds. The van der Waals surface area contributed by atoms with E-state index in [0.29, 0.717) is 38.9 Å². The third-order valence-electron chi connectivity index (χ3n) is 5.24. The Morgan fingerprint density at radius 1 is 1.19 bits per heavy atom. The first-order chi connectivity index (χ1) is 13.0. The molecule has 8 heteroatoms. The summed E-state index contributed by atoms with van der Waals surface area (Å²) in [5, 5.41) is 14.7. The molecule has 27 heavy (non-hydrogen) atoms. The van der Waals surface area contributed by atoms with Crippen LogP contribution in [0.15, 0.2) is 18.2 Å². The molecular weight excluding hydrogens is 353 g/mol. The van der Waals surface area contributed by atoms with Crippen molar-refractivity contribution in [3.63, 3.8) is 0 Å². The van der Waals surface area contributed by atoms with Gasteiger partial charge in [-0.2, -0.15) is 0 Å². The number of ether oxygens (including phenoxy) is 1. The monoisotopic (exact) mass is 379 g/mol. The normalized spacial score (nSPS) is 22.9. The highest BCUT2D eigenvalue weighted by Gasteiger charge is 2.26. The lowest BCUT2D eigenvalue weighted by atomic mass is 9.86. The van der Waals surface area contributed by atoms with Gasteiger partial charge in [0.25, 0.3) is 0 Å². The number of carbonyl (C=O) groups excluding carboxylic acids is 1. The number of nitrogens with one attached hydrogen (secondary N) is 2. The molecule has 1 aliphatic heterocycles. The Labute approximate surface area is 157 Å². The topological polar surface area (TPSA) is 90.9 Å². The predicted molar refractivity (Wildman–Crippen MR) is 98.2 cm³/mol. The van der Waals surface area contributed by atoms with Gasteiger partial charge in [0.1, 0.15) is 5.82 Å². The molecule has 2 aliphatic rings. The standard InChI is InChI=1S/C19H26FN3O4/c20-15-3-6-17(23-7-9-27-10-8-23)14(11-15)12-21-19(26)22-16-4-1-13(2-5-16)18(24)25/h3,6,11,13,16H,1-2,4-5,7-10,12H2,(H,24,25)(H2,21,22,26). The Hall–Kier alpha value is -2.35. The number of rotatable bonds is 5. The molecule has 1 aromatic carbocycles. The number of hydrogen-bond donors (Lipinski definition) is 3. The summed E-state index contributed by atoms with van der Waals surface area (Å²) >= 11 is 0. The van der Waals surface area contributed by atoms with Crippen LogP contribution < -0.4 is 15.5 Å². The maximum absolute atomic E-state index is 13.7. The van der Waals surface area contributed by atoms with Crippen molar-refractivity contribution in [3.8, 4) is 0 Å². The van der Waals surface area contributed by atoms with Gasteiger partial charge in [-0.3, -0.25) is 4.79 Å². The number of carboxylic acid groups (broad SMARTS) is 1. The van der Waals surface area contributed by atoms with E-state index in [9.17, 15) is 14.0 Å². The minimum Gasteiger partial charge on any atom is -0.481 e. The minimum absolute atomic E-state index is 0.0215. The first kappa shape index (κ1) is 19.4. The Bertz CT molecular complexity index is 671. The molecule has 3 rings (SSSR count). The Morgan fingerprint density at radius 2 is 1.89 bits per heavy atom. The van der Waals surface area contributed by atoms with Gasteiger partial charge in [-0.05, 0) is 49.4 Å². The van der Waals surface area contributed by atoms with Crippen LogP contribution >= 0.6 is 0 Å². The van der Waals surface area contributed by atoms with Crippen molar-refractivity contribution >= 4 is 17.7 Å². The van der Waals surface area contributed by atoms with Crippen molar-refractivity contribution in [1.29, 1.82) is 0 Å². The van der Waals surface area contributed by atoms with Gasteiger partial charge in [0.2, 0.25) is 0 Å². The number of morpholine rings is 1. The van der Waals surface area contributed by atoms with Crippen LogP contribution in [0.1, 0.15) is 31.2 Å². The number of carboxylic acids is 1. The first-order valence-electron chi connectivity index (χ1n) is 9.41. The molecule has 3 N–H and O–H groups in total. The van der Waals surface area contributed by atoms with E-state index < -0.39 is 5.97 Å². The number of amides is 2. The molecule has 1 saturated carbocycles. The van der Waals surface area contributed by atoms with Crippen LogP contribution in [0, 0.1) is 11.7 Å². The molecule has 7 nitrogen and oxygen atoms in total. The van der Waals surface area contributed by atoms with E-state index in [1.807, 2.05) is 0 Å². The van der Waals surface area contributed by atoms with Crippen LogP contribution in [0.25, 0.3) is 0 Å². The number of aliphatic carboxylic acids is 1. The van der Waals surface area contributed by atoms with E-state index in [1.165, 1.54) is 12.1 Å². The number of benzene rings is 1. The van der Waals surface area contributed by atoms with Gasteiger partial charge in [-0.15, -0.1) is 0 Å². The fourth-order valence-corrected chi connectivity index (χ4v) is 3.71. The second-order valence-corrected chi connectivity index (χ2v) is 7.09. The molecule has 148 valence electrons. The number of halogens is 1. The zero-order valence-corrected chi connectivity index (χ0v) is 15.2. The number of hydrogen-bond acceptors (Lipinski definition) is 4. The van der Waals surface area contributed by atoms with Gasteiger partial charge in [0.15, 0.2) is 0 Å². The lowest BCUT2D eigenvalue weighted by Crippen LogP contribution is -2.44. The lowest BCUT2D eigenvalue weighted by molar-refractivity contribution is -0.142. The summed E-state index contributed by atoms with van der Waals surface area (Å²) in [5.74, 6) is -1.41. The van der Waals surface area contributed by atoms with Gasteiger partial charge in [0, 0.05) is 31.4 Å². The number of carbonyl (C=O) groups is 2.